The molecular weight excluding hydrogens is 318 g/mol. The Kier molecular flexibility index (Phi) is 5.28. The van der Waals surface area contributed by atoms with Crippen molar-refractivity contribution in [2.75, 3.05) is 37.6 Å². The second kappa shape index (κ2) is 7.44. The molecule has 25 heavy (non-hydrogen) atoms. The molecule has 0 aromatic carbocycles. The van der Waals surface area contributed by atoms with Gasteiger partial charge in [-0.3, -0.25) is 18.8 Å². The first-order chi connectivity index (χ1) is 12.0. The molecule has 0 N–H and O–H groups in total. The van der Waals surface area contributed by atoms with Crippen molar-refractivity contribution in [2.45, 2.75) is 32.1 Å². The first-order valence-corrected chi connectivity index (χ1v) is 9.20. The Balaban J connectivity index is 1.74. The summed E-state index contributed by atoms with van der Waals surface area (Å²) in [7, 11) is 3.05. The Hall–Kier alpha value is -2.07. The van der Waals surface area contributed by atoms with Crippen molar-refractivity contribution in [3.63, 3.8) is 0 Å². The van der Waals surface area contributed by atoms with E-state index < -0.39 is 5.56 Å². The van der Waals surface area contributed by atoms with Gasteiger partial charge in [0, 0.05) is 46.8 Å². The van der Waals surface area contributed by atoms with E-state index in [4.69, 9.17) is 0 Å². The monoisotopic (exact) mass is 345 g/mol. The van der Waals surface area contributed by atoms with Crippen LogP contribution in [0.25, 0.3) is 0 Å². The molecule has 0 radical (unpaired) electrons. The van der Waals surface area contributed by atoms with Crippen molar-refractivity contribution in [1.82, 2.24) is 14.0 Å². The predicted octanol–water partition coefficient (Wildman–Crippen LogP) is 0.658. The average molecular weight is 345 g/mol. The fourth-order valence-corrected chi connectivity index (χ4v) is 4.18. The van der Waals surface area contributed by atoms with E-state index in [0.29, 0.717) is 5.82 Å². The van der Waals surface area contributed by atoms with Crippen molar-refractivity contribution in [1.29, 1.82) is 5.26 Å². The van der Waals surface area contributed by atoms with Crippen LogP contribution in [0.1, 0.15) is 37.7 Å². The molecule has 0 unspecified atom stereocenters. The Morgan fingerprint density at radius 3 is 2.24 bits per heavy atom. The lowest BCUT2D eigenvalue weighted by Crippen LogP contribution is -2.51. The minimum Gasteiger partial charge on any atom is -0.354 e. The highest BCUT2D eigenvalue weighted by Crippen LogP contribution is 2.25. The fraction of sp³-hybridized carbons (Fsp3) is 0.722. The zero-order valence-corrected chi connectivity index (χ0v) is 15.2. The van der Waals surface area contributed by atoms with Crippen molar-refractivity contribution in [2.24, 2.45) is 20.0 Å². The smallest absolute Gasteiger partial charge is 0.332 e. The largest absolute Gasteiger partial charge is 0.354 e. The van der Waals surface area contributed by atoms with Gasteiger partial charge in [-0.1, -0.05) is 19.3 Å². The Morgan fingerprint density at radius 1 is 1.00 bits per heavy atom. The molecule has 2 heterocycles. The van der Waals surface area contributed by atoms with Crippen LogP contribution in [0.5, 0.6) is 0 Å². The third-order valence-electron chi connectivity index (χ3n) is 5.66. The first kappa shape index (κ1) is 17.7. The van der Waals surface area contributed by atoms with E-state index in [1.165, 1.54) is 43.7 Å². The second-order valence-electron chi connectivity index (χ2n) is 7.31. The van der Waals surface area contributed by atoms with Gasteiger partial charge in [-0.15, -0.1) is 0 Å². The summed E-state index contributed by atoms with van der Waals surface area (Å²) in [6.45, 7) is 4.44. The summed E-state index contributed by atoms with van der Waals surface area (Å²) in [4.78, 5) is 29.0. The third-order valence-corrected chi connectivity index (χ3v) is 5.66. The van der Waals surface area contributed by atoms with E-state index in [0.717, 1.165) is 43.2 Å². The van der Waals surface area contributed by atoms with Crippen LogP contribution in [0, 0.1) is 17.2 Å². The fourth-order valence-electron chi connectivity index (χ4n) is 4.18. The Morgan fingerprint density at radius 2 is 1.64 bits per heavy atom. The standard InChI is InChI=1S/C18H27N5O2/c1-20-16(15(12-19)17(24)21(2)18(20)25)23-10-8-22(9-11-23)13-14-6-4-3-5-7-14/h14H,3-11,13H2,1-2H3. The van der Waals surface area contributed by atoms with Crippen LogP contribution in [0.2, 0.25) is 0 Å². The molecule has 1 aliphatic heterocycles. The van der Waals surface area contributed by atoms with Gasteiger partial charge >= 0.3 is 5.69 Å². The molecule has 0 bridgehead atoms. The zero-order valence-electron chi connectivity index (χ0n) is 15.2. The van der Waals surface area contributed by atoms with Crippen molar-refractivity contribution >= 4 is 5.82 Å². The molecule has 0 atom stereocenters. The molecule has 7 nitrogen and oxygen atoms in total. The number of nitriles is 1. The number of piperazine rings is 1. The third kappa shape index (κ3) is 3.49. The Bertz CT molecular complexity index is 774. The van der Waals surface area contributed by atoms with Crippen LogP contribution in [0.15, 0.2) is 9.59 Å². The summed E-state index contributed by atoms with van der Waals surface area (Å²) in [6, 6.07) is 2.00. The highest BCUT2D eigenvalue weighted by atomic mass is 16.2. The van der Waals surface area contributed by atoms with Crippen LogP contribution >= 0.6 is 0 Å². The highest BCUT2D eigenvalue weighted by molar-refractivity contribution is 5.53. The van der Waals surface area contributed by atoms with Gasteiger partial charge in [0.15, 0.2) is 5.56 Å². The van der Waals surface area contributed by atoms with Gasteiger partial charge in [-0.2, -0.15) is 5.26 Å². The van der Waals surface area contributed by atoms with E-state index in [9.17, 15) is 14.9 Å². The van der Waals surface area contributed by atoms with Crippen LogP contribution in [0.4, 0.5) is 5.82 Å². The van der Waals surface area contributed by atoms with E-state index in [-0.39, 0.29) is 11.3 Å². The second-order valence-corrected chi connectivity index (χ2v) is 7.31. The molecule has 1 aliphatic carbocycles. The number of anilines is 1. The molecule has 0 amide bonds. The van der Waals surface area contributed by atoms with Crippen LogP contribution in [-0.2, 0) is 14.1 Å². The molecule has 2 fully saturated rings. The van der Waals surface area contributed by atoms with Gasteiger partial charge < -0.3 is 4.90 Å². The van der Waals surface area contributed by atoms with Gasteiger partial charge in [-0.05, 0) is 18.8 Å². The highest BCUT2D eigenvalue weighted by Gasteiger charge is 2.26. The average Bonchev–Trinajstić information content (AvgIpc) is 2.64. The molecule has 3 rings (SSSR count). The van der Waals surface area contributed by atoms with Gasteiger partial charge in [-0.25, -0.2) is 4.79 Å². The minimum atomic E-state index is -0.509. The molecule has 1 saturated heterocycles. The normalized spacial score (nSPS) is 19.8. The van der Waals surface area contributed by atoms with Gasteiger partial charge in [0.25, 0.3) is 5.56 Å². The summed E-state index contributed by atoms with van der Waals surface area (Å²) < 4.78 is 2.43. The van der Waals surface area contributed by atoms with Crippen LogP contribution < -0.4 is 16.1 Å². The van der Waals surface area contributed by atoms with E-state index in [1.807, 2.05) is 11.0 Å². The summed E-state index contributed by atoms with van der Waals surface area (Å²) in [5.41, 5.74) is -0.834. The summed E-state index contributed by atoms with van der Waals surface area (Å²) in [5, 5.41) is 9.42. The van der Waals surface area contributed by atoms with E-state index >= 15 is 0 Å². The minimum absolute atomic E-state index is 0.0605. The first-order valence-electron chi connectivity index (χ1n) is 9.20. The quantitative estimate of drug-likeness (QED) is 0.804. The number of nitrogens with zero attached hydrogens (tertiary/aromatic N) is 5. The van der Waals surface area contributed by atoms with Gasteiger partial charge in [0.05, 0.1) is 0 Å². The van der Waals surface area contributed by atoms with Crippen LogP contribution in [0.3, 0.4) is 0 Å². The number of rotatable bonds is 3. The van der Waals surface area contributed by atoms with Crippen LogP contribution in [-0.4, -0.2) is 46.8 Å². The molecule has 2 aliphatic rings. The maximum atomic E-state index is 12.3. The van der Waals surface area contributed by atoms with Crippen molar-refractivity contribution in [3.8, 4) is 6.07 Å². The lowest BCUT2D eigenvalue weighted by molar-refractivity contribution is 0.191. The van der Waals surface area contributed by atoms with Gasteiger partial charge in [0.2, 0.25) is 0 Å². The number of hydrogen-bond donors (Lipinski definition) is 0. The number of hydrogen-bond acceptors (Lipinski definition) is 5. The SMILES string of the molecule is Cn1c(N2CCN(CC3CCCCC3)CC2)c(C#N)c(=O)n(C)c1=O. The predicted molar refractivity (Wildman–Crippen MR) is 96.9 cm³/mol. The summed E-state index contributed by atoms with van der Waals surface area (Å²) in [5.74, 6) is 1.27. The Labute approximate surface area is 148 Å². The van der Waals surface area contributed by atoms with E-state index in [1.54, 1.807) is 7.05 Å². The maximum absolute atomic E-state index is 12.3. The lowest BCUT2D eigenvalue weighted by Gasteiger charge is -2.38. The lowest BCUT2D eigenvalue weighted by atomic mass is 9.89. The molecule has 0 spiro atoms. The molecule has 1 aromatic rings. The molecule has 7 heteroatoms. The molecule has 136 valence electrons. The maximum Gasteiger partial charge on any atom is 0.332 e. The topological polar surface area (TPSA) is 74.3 Å². The van der Waals surface area contributed by atoms with Crippen molar-refractivity contribution < 1.29 is 0 Å². The summed E-state index contributed by atoms with van der Waals surface area (Å²) >= 11 is 0. The molecule has 1 saturated carbocycles. The number of aromatic nitrogens is 2. The molecule has 1 aromatic heterocycles. The summed E-state index contributed by atoms with van der Waals surface area (Å²) in [6.07, 6.45) is 6.75. The van der Waals surface area contributed by atoms with Gasteiger partial charge in [0.1, 0.15) is 11.9 Å². The van der Waals surface area contributed by atoms with E-state index in [2.05, 4.69) is 4.90 Å². The van der Waals surface area contributed by atoms with Crippen molar-refractivity contribution in [3.05, 3.63) is 26.4 Å². The molecular formula is C18H27N5O2. The zero-order chi connectivity index (χ0) is 18.0.